The third kappa shape index (κ3) is 3.56. The number of nitrogens with zero attached hydrogens (tertiary/aromatic N) is 1. The fourth-order valence-electron chi connectivity index (χ4n) is 4.01. The quantitative estimate of drug-likeness (QED) is 0.772. The molecule has 0 unspecified atom stereocenters. The molecule has 1 N–H and O–H groups in total. The number of sulfonamides is 1. The minimum atomic E-state index is -3.76. The van der Waals surface area contributed by atoms with Crippen molar-refractivity contribution in [2.45, 2.75) is 43.4 Å². The Bertz CT molecular complexity index is 989. The van der Waals surface area contributed by atoms with Crippen LogP contribution in [-0.2, 0) is 16.4 Å². The van der Waals surface area contributed by atoms with Crippen molar-refractivity contribution in [2.75, 3.05) is 21.3 Å². The van der Waals surface area contributed by atoms with Crippen LogP contribution in [0.25, 0.3) is 0 Å². The molecule has 8 heteroatoms. The van der Waals surface area contributed by atoms with Gasteiger partial charge in [0.2, 0.25) is 15.8 Å². The molecule has 0 fully saturated rings. The minimum Gasteiger partial charge on any atom is -0.493 e. The first kappa shape index (κ1) is 21.4. The van der Waals surface area contributed by atoms with Crippen molar-refractivity contribution >= 4 is 10.0 Å². The largest absolute Gasteiger partial charge is 0.493 e. The molecule has 29 heavy (non-hydrogen) atoms. The van der Waals surface area contributed by atoms with E-state index in [1.54, 1.807) is 44.2 Å². The Hall–Kier alpha value is -2.29. The van der Waals surface area contributed by atoms with E-state index in [1.807, 2.05) is 0 Å². The van der Waals surface area contributed by atoms with Crippen molar-refractivity contribution in [3.8, 4) is 17.2 Å². The summed E-state index contributed by atoms with van der Waals surface area (Å²) in [6, 6.07) is 9.12. The van der Waals surface area contributed by atoms with E-state index >= 15 is 0 Å². The van der Waals surface area contributed by atoms with Gasteiger partial charge in [-0.3, -0.25) is 0 Å². The third-order valence-electron chi connectivity index (χ3n) is 5.21. The van der Waals surface area contributed by atoms with Crippen LogP contribution < -0.4 is 14.2 Å². The maximum Gasteiger partial charge on any atom is 0.244 e. The molecule has 0 spiro atoms. The molecule has 1 aliphatic heterocycles. The van der Waals surface area contributed by atoms with Gasteiger partial charge in [0.05, 0.1) is 38.4 Å². The molecule has 3 rings (SSSR count). The summed E-state index contributed by atoms with van der Waals surface area (Å²) >= 11 is 0. The average molecular weight is 422 g/mol. The number of aliphatic hydroxyl groups excluding tert-OH is 1. The van der Waals surface area contributed by atoms with Gasteiger partial charge in [-0.25, -0.2) is 8.42 Å². The van der Waals surface area contributed by atoms with Crippen LogP contribution in [0.2, 0.25) is 0 Å². The molecule has 0 saturated heterocycles. The number of methoxy groups -OCH3 is 3. The summed E-state index contributed by atoms with van der Waals surface area (Å²) < 4.78 is 44.3. The molecule has 158 valence electrons. The Morgan fingerprint density at radius 1 is 1.00 bits per heavy atom. The number of hydrogen-bond acceptors (Lipinski definition) is 6. The number of rotatable bonds is 6. The fraction of sp³-hybridized carbons (Fsp3) is 0.429. The summed E-state index contributed by atoms with van der Waals surface area (Å²) in [6.07, 6.45) is -0.730. The number of fused-ring (bicyclic) bond motifs is 1. The van der Waals surface area contributed by atoms with Gasteiger partial charge >= 0.3 is 0 Å². The van der Waals surface area contributed by atoms with E-state index in [0.717, 1.165) is 5.56 Å². The number of benzene rings is 2. The molecule has 1 aliphatic rings. The Kier molecular flexibility index (Phi) is 6.07. The summed E-state index contributed by atoms with van der Waals surface area (Å²) in [5, 5.41) is 11.1. The summed E-state index contributed by atoms with van der Waals surface area (Å²) in [7, 11) is 0.811. The zero-order valence-electron chi connectivity index (χ0n) is 17.2. The van der Waals surface area contributed by atoms with E-state index in [2.05, 4.69) is 0 Å². The maximum atomic E-state index is 13.3. The molecular weight excluding hydrogens is 394 g/mol. The predicted octanol–water partition coefficient (Wildman–Crippen LogP) is 2.77. The van der Waals surface area contributed by atoms with Gasteiger partial charge in [-0.15, -0.1) is 0 Å². The molecule has 0 aromatic heterocycles. The van der Waals surface area contributed by atoms with Crippen LogP contribution in [0.4, 0.5) is 0 Å². The highest BCUT2D eigenvalue weighted by Crippen LogP contribution is 2.44. The van der Waals surface area contributed by atoms with Gasteiger partial charge in [0.1, 0.15) is 0 Å². The van der Waals surface area contributed by atoms with Crippen LogP contribution in [0.5, 0.6) is 17.2 Å². The fourth-order valence-corrected chi connectivity index (χ4v) is 6.08. The van der Waals surface area contributed by atoms with Crippen molar-refractivity contribution in [3.05, 3.63) is 47.5 Å². The molecule has 0 bridgehead atoms. The lowest BCUT2D eigenvalue weighted by Gasteiger charge is -2.41. The average Bonchev–Trinajstić information content (AvgIpc) is 2.70. The monoisotopic (exact) mass is 421 g/mol. The number of ether oxygens (including phenoxy) is 3. The second-order valence-corrected chi connectivity index (χ2v) is 8.99. The first-order chi connectivity index (χ1) is 13.8. The van der Waals surface area contributed by atoms with Gasteiger partial charge in [0.25, 0.3) is 0 Å². The van der Waals surface area contributed by atoms with Crippen LogP contribution in [-0.4, -0.2) is 51.2 Å². The lowest BCUT2D eigenvalue weighted by molar-refractivity contribution is 0.0681. The van der Waals surface area contributed by atoms with Gasteiger partial charge in [0, 0.05) is 11.6 Å². The van der Waals surface area contributed by atoms with Gasteiger partial charge in [-0.2, -0.15) is 4.31 Å². The van der Waals surface area contributed by atoms with E-state index in [1.165, 1.54) is 31.7 Å². The molecule has 0 radical (unpaired) electrons. The third-order valence-corrected chi connectivity index (χ3v) is 7.38. The second kappa shape index (κ2) is 8.22. The maximum absolute atomic E-state index is 13.3. The first-order valence-electron chi connectivity index (χ1n) is 9.36. The van der Waals surface area contributed by atoms with Crippen molar-refractivity contribution < 1.29 is 27.7 Å². The number of aliphatic hydroxyl groups is 1. The van der Waals surface area contributed by atoms with Gasteiger partial charge < -0.3 is 19.3 Å². The van der Waals surface area contributed by atoms with E-state index in [-0.39, 0.29) is 17.4 Å². The number of hydrogen-bond donors (Lipinski definition) is 1. The molecule has 2 aromatic carbocycles. The molecule has 1 heterocycles. The highest BCUT2D eigenvalue weighted by Gasteiger charge is 2.45. The molecule has 0 amide bonds. The smallest absolute Gasteiger partial charge is 0.244 e. The normalized spacial score (nSPS) is 20.9. The zero-order valence-corrected chi connectivity index (χ0v) is 18.1. The Balaban J connectivity index is 2.13. The Labute approximate surface area is 171 Å². The minimum absolute atomic E-state index is 0.150. The van der Waals surface area contributed by atoms with Crippen molar-refractivity contribution in [1.82, 2.24) is 4.31 Å². The van der Waals surface area contributed by atoms with Gasteiger partial charge in [-0.05, 0) is 38.0 Å². The van der Waals surface area contributed by atoms with Gasteiger partial charge in [-0.1, -0.05) is 24.3 Å². The van der Waals surface area contributed by atoms with Crippen LogP contribution in [0.3, 0.4) is 0 Å². The lowest BCUT2D eigenvalue weighted by atomic mass is 9.94. The molecule has 0 aliphatic carbocycles. The lowest BCUT2D eigenvalue weighted by Crippen LogP contribution is -2.52. The topological polar surface area (TPSA) is 85.3 Å². The predicted molar refractivity (Wildman–Crippen MR) is 109 cm³/mol. The van der Waals surface area contributed by atoms with E-state index in [9.17, 15) is 13.5 Å². The summed E-state index contributed by atoms with van der Waals surface area (Å²) in [6.45, 7) is 3.61. The summed E-state index contributed by atoms with van der Waals surface area (Å²) in [4.78, 5) is 0.150. The highest BCUT2D eigenvalue weighted by atomic mass is 32.2. The van der Waals surface area contributed by atoms with Gasteiger partial charge in [0.15, 0.2) is 11.5 Å². The van der Waals surface area contributed by atoms with E-state index in [0.29, 0.717) is 22.8 Å². The molecular formula is C21H27NO6S. The Morgan fingerprint density at radius 3 is 2.24 bits per heavy atom. The second-order valence-electron chi connectivity index (χ2n) is 7.18. The van der Waals surface area contributed by atoms with Crippen molar-refractivity contribution in [1.29, 1.82) is 0 Å². The van der Waals surface area contributed by atoms with Crippen LogP contribution in [0.1, 0.15) is 31.1 Å². The molecule has 2 atom stereocenters. The SMILES string of the molecule is COc1ccc(C[C@@H]2[C@@H](O)c3ccccc3S(=O)(=O)N2C(C)C)c(OC)c1OC. The molecule has 0 saturated carbocycles. The standard InChI is InChI=1S/C21H27NO6S/c1-13(2)22-16(19(23)15-8-6-7-9-18(15)29(22,24)25)12-14-10-11-17(26-3)21(28-5)20(14)27-4/h6-11,13,16,19,23H,12H2,1-5H3/t16-,19+/m1/s1. The van der Waals surface area contributed by atoms with Crippen molar-refractivity contribution in [2.24, 2.45) is 0 Å². The van der Waals surface area contributed by atoms with E-state index < -0.39 is 22.2 Å². The zero-order chi connectivity index (χ0) is 21.3. The molecule has 7 nitrogen and oxygen atoms in total. The van der Waals surface area contributed by atoms with E-state index in [4.69, 9.17) is 14.2 Å². The van der Waals surface area contributed by atoms with Crippen LogP contribution in [0.15, 0.2) is 41.3 Å². The summed E-state index contributed by atoms with van der Waals surface area (Å²) in [5.74, 6) is 1.40. The first-order valence-corrected chi connectivity index (χ1v) is 10.8. The van der Waals surface area contributed by atoms with Crippen LogP contribution in [0, 0.1) is 0 Å². The Morgan fingerprint density at radius 2 is 1.66 bits per heavy atom. The van der Waals surface area contributed by atoms with Crippen molar-refractivity contribution in [3.63, 3.8) is 0 Å². The molecule has 2 aromatic rings. The van der Waals surface area contributed by atoms with Crippen LogP contribution >= 0.6 is 0 Å². The highest BCUT2D eigenvalue weighted by molar-refractivity contribution is 7.89. The summed E-state index contributed by atoms with van der Waals surface area (Å²) in [5.41, 5.74) is 1.13.